The number of thiazole rings is 1. The molecule has 6 nitrogen and oxygen atoms in total. The number of allylic oxidation sites excluding steroid dienone is 1. The van der Waals surface area contributed by atoms with Crippen molar-refractivity contribution in [2.24, 2.45) is 5.92 Å². The van der Waals surface area contributed by atoms with E-state index < -0.39 is 23.5 Å². The maximum Gasteiger partial charge on any atom is 0.296 e. The Hall–Kier alpha value is -4.23. The Morgan fingerprint density at radius 2 is 1.90 bits per heavy atom. The number of ketones is 1. The van der Waals surface area contributed by atoms with E-state index in [1.54, 1.807) is 6.08 Å². The molecule has 5 rings (SSSR count). The molecule has 198 valence electrons. The molecule has 4 aromatic rings. The van der Waals surface area contributed by atoms with Crippen molar-refractivity contribution in [1.82, 2.24) is 4.98 Å². The molecule has 2 heterocycles. The number of carbonyl (C=O) groups excluding carboxylic acids is 2. The van der Waals surface area contributed by atoms with Crippen LogP contribution < -0.4 is 9.64 Å². The molecular formula is C32H30N2O4S. The Kier molecular flexibility index (Phi) is 7.61. The van der Waals surface area contributed by atoms with Crippen LogP contribution >= 0.6 is 11.3 Å². The number of aliphatic hydroxyl groups is 1. The predicted octanol–water partition coefficient (Wildman–Crippen LogP) is 7.21. The smallest absolute Gasteiger partial charge is 0.296 e. The van der Waals surface area contributed by atoms with Crippen molar-refractivity contribution in [3.63, 3.8) is 0 Å². The van der Waals surface area contributed by atoms with Gasteiger partial charge in [-0.1, -0.05) is 79.8 Å². The van der Waals surface area contributed by atoms with E-state index in [0.717, 1.165) is 27.8 Å². The Labute approximate surface area is 231 Å². The van der Waals surface area contributed by atoms with Gasteiger partial charge in [-0.15, -0.1) is 0 Å². The van der Waals surface area contributed by atoms with Gasteiger partial charge in [0, 0.05) is 0 Å². The van der Waals surface area contributed by atoms with Gasteiger partial charge in [-0.25, -0.2) is 4.98 Å². The summed E-state index contributed by atoms with van der Waals surface area (Å²) in [5.41, 5.74) is 3.34. The lowest BCUT2D eigenvalue weighted by Gasteiger charge is -2.24. The summed E-state index contributed by atoms with van der Waals surface area (Å²) in [6, 6.07) is 21.8. The molecule has 0 radical (unpaired) electrons. The van der Waals surface area contributed by atoms with Crippen LogP contribution in [-0.2, 0) is 9.59 Å². The first-order chi connectivity index (χ1) is 18.8. The van der Waals surface area contributed by atoms with E-state index in [4.69, 9.17) is 9.72 Å². The number of anilines is 1. The minimum Gasteiger partial charge on any atom is -0.503 e. The molecule has 1 aliphatic heterocycles. The van der Waals surface area contributed by atoms with Gasteiger partial charge in [0.15, 0.2) is 16.7 Å². The molecule has 1 N–H and O–H groups in total. The first-order valence-electron chi connectivity index (χ1n) is 13.0. The zero-order valence-electron chi connectivity index (χ0n) is 22.1. The van der Waals surface area contributed by atoms with Crippen molar-refractivity contribution >= 4 is 44.5 Å². The molecule has 0 fully saturated rings. The lowest BCUT2D eigenvalue weighted by Crippen LogP contribution is -2.30. The maximum atomic E-state index is 13.6. The fourth-order valence-corrected chi connectivity index (χ4v) is 5.60. The first-order valence-corrected chi connectivity index (χ1v) is 13.8. The minimum absolute atomic E-state index is 0.0157. The van der Waals surface area contributed by atoms with Gasteiger partial charge >= 0.3 is 0 Å². The summed E-state index contributed by atoms with van der Waals surface area (Å²) in [4.78, 5) is 33.2. The number of amides is 1. The number of hydrogen-bond donors (Lipinski definition) is 1. The van der Waals surface area contributed by atoms with Crippen molar-refractivity contribution in [1.29, 1.82) is 0 Å². The van der Waals surface area contributed by atoms with Gasteiger partial charge in [0.2, 0.25) is 0 Å². The van der Waals surface area contributed by atoms with Crippen molar-refractivity contribution in [2.45, 2.75) is 33.2 Å². The summed E-state index contributed by atoms with van der Waals surface area (Å²) in [5.74, 6) is -0.527. The minimum atomic E-state index is -0.860. The van der Waals surface area contributed by atoms with Crippen LogP contribution in [0.15, 0.2) is 90.2 Å². The fraction of sp³-hybridized carbons (Fsp3) is 0.219. The fourth-order valence-electron chi connectivity index (χ4n) is 4.51. The van der Waals surface area contributed by atoms with Gasteiger partial charge in [0.25, 0.3) is 5.91 Å². The van der Waals surface area contributed by atoms with Crippen molar-refractivity contribution in [3.8, 4) is 5.75 Å². The van der Waals surface area contributed by atoms with Gasteiger partial charge in [-0.05, 0) is 66.3 Å². The van der Waals surface area contributed by atoms with Gasteiger partial charge in [-0.3, -0.25) is 14.5 Å². The molecule has 1 atom stereocenters. The largest absolute Gasteiger partial charge is 0.503 e. The van der Waals surface area contributed by atoms with Crippen LogP contribution in [0.4, 0.5) is 5.13 Å². The number of fused-ring (bicyclic) bond motifs is 1. The Bertz CT molecular complexity index is 1590. The predicted molar refractivity (Wildman–Crippen MR) is 156 cm³/mol. The number of benzene rings is 3. The summed E-state index contributed by atoms with van der Waals surface area (Å²) in [5, 5.41) is 11.5. The molecule has 7 heteroatoms. The van der Waals surface area contributed by atoms with Crippen molar-refractivity contribution in [2.75, 3.05) is 11.5 Å². The van der Waals surface area contributed by atoms with Crippen LogP contribution in [0.5, 0.6) is 5.75 Å². The summed E-state index contributed by atoms with van der Waals surface area (Å²) in [6.45, 7) is 6.82. The summed E-state index contributed by atoms with van der Waals surface area (Å²) < 4.78 is 6.90. The topological polar surface area (TPSA) is 79.7 Å². The zero-order chi connectivity index (χ0) is 27.5. The van der Waals surface area contributed by atoms with Crippen molar-refractivity contribution < 1.29 is 19.4 Å². The number of aromatic nitrogens is 1. The molecule has 3 aromatic carbocycles. The lowest BCUT2D eigenvalue weighted by atomic mass is 9.95. The molecule has 1 unspecified atom stereocenters. The number of ether oxygens (including phenoxy) is 1. The Balaban J connectivity index is 1.56. The third kappa shape index (κ3) is 5.64. The van der Waals surface area contributed by atoms with Crippen LogP contribution in [0.25, 0.3) is 16.3 Å². The number of aryl methyl sites for hydroxylation is 1. The average molecular weight is 539 g/mol. The third-order valence-corrected chi connectivity index (χ3v) is 7.59. The van der Waals surface area contributed by atoms with E-state index in [1.807, 2.05) is 79.7 Å². The standard InChI is InChI=1S/C32H30N2O4S/c1-20(2)16-17-38-24-11-7-10-23(19-24)29-28(26(35)15-13-22-8-5-4-6-9-22)30(36)31(37)34(29)32-33-25-14-12-21(3)18-27(25)39-32/h4-15,18-20,29,36H,16-17H2,1-3H3. The lowest BCUT2D eigenvalue weighted by molar-refractivity contribution is -0.117. The number of nitrogens with zero attached hydrogens (tertiary/aromatic N) is 2. The second-order valence-electron chi connectivity index (χ2n) is 10.0. The third-order valence-electron chi connectivity index (χ3n) is 6.58. The quantitative estimate of drug-likeness (QED) is 0.228. The maximum absolute atomic E-state index is 13.6. The normalized spacial score (nSPS) is 15.7. The summed E-state index contributed by atoms with van der Waals surface area (Å²) >= 11 is 1.35. The second-order valence-corrected chi connectivity index (χ2v) is 11.0. The van der Waals surface area contributed by atoms with E-state index in [1.165, 1.54) is 22.3 Å². The number of carbonyl (C=O) groups is 2. The second kappa shape index (κ2) is 11.3. The van der Waals surface area contributed by atoms with E-state index in [-0.39, 0.29) is 5.57 Å². The van der Waals surface area contributed by atoms with Crippen LogP contribution in [0.1, 0.15) is 43.0 Å². The summed E-state index contributed by atoms with van der Waals surface area (Å²) in [7, 11) is 0. The van der Waals surface area contributed by atoms with E-state index in [0.29, 0.717) is 29.0 Å². The monoisotopic (exact) mass is 538 g/mol. The van der Waals surface area contributed by atoms with Gasteiger partial charge in [-0.2, -0.15) is 0 Å². The molecular weight excluding hydrogens is 508 g/mol. The highest BCUT2D eigenvalue weighted by atomic mass is 32.1. The highest BCUT2D eigenvalue weighted by Gasteiger charge is 2.45. The Morgan fingerprint density at radius 1 is 1.10 bits per heavy atom. The molecule has 0 saturated carbocycles. The molecule has 1 amide bonds. The van der Waals surface area contributed by atoms with Crippen LogP contribution in [-0.4, -0.2) is 28.4 Å². The van der Waals surface area contributed by atoms with E-state index >= 15 is 0 Å². The zero-order valence-corrected chi connectivity index (χ0v) is 22.9. The van der Waals surface area contributed by atoms with Gasteiger partial charge in [0.1, 0.15) is 5.75 Å². The van der Waals surface area contributed by atoms with Crippen molar-refractivity contribution in [3.05, 3.63) is 107 Å². The Morgan fingerprint density at radius 3 is 2.67 bits per heavy atom. The number of rotatable bonds is 9. The van der Waals surface area contributed by atoms with E-state index in [9.17, 15) is 14.7 Å². The first kappa shape index (κ1) is 26.4. The number of aliphatic hydroxyl groups excluding tert-OH is 1. The molecule has 0 saturated heterocycles. The highest BCUT2D eigenvalue weighted by Crippen LogP contribution is 2.44. The molecule has 1 aromatic heterocycles. The highest BCUT2D eigenvalue weighted by molar-refractivity contribution is 7.22. The number of hydrogen-bond acceptors (Lipinski definition) is 6. The molecule has 1 aliphatic rings. The molecule has 0 bridgehead atoms. The van der Waals surface area contributed by atoms with Crippen LogP contribution in [0, 0.1) is 12.8 Å². The average Bonchev–Trinajstić information content (AvgIpc) is 3.45. The summed E-state index contributed by atoms with van der Waals surface area (Å²) in [6.07, 6.45) is 3.98. The van der Waals surface area contributed by atoms with Gasteiger partial charge < -0.3 is 9.84 Å². The van der Waals surface area contributed by atoms with Crippen LogP contribution in [0.2, 0.25) is 0 Å². The molecule has 39 heavy (non-hydrogen) atoms. The van der Waals surface area contributed by atoms with E-state index in [2.05, 4.69) is 13.8 Å². The molecule has 0 spiro atoms. The van der Waals surface area contributed by atoms with Crippen LogP contribution in [0.3, 0.4) is 0 Å². The SMILES string of the molecule is Cc1ccc2nc(N3C(=O)C(O)=C(C(=O)C=Cc4ccccc4)C3c3cccc(OCCC(C)C)c3)sc2c1. The van der Waals surface area contributed by atoms with Gasteiger partial charge in [0.05, 0.1) is 28.4 Å². The molecule has 0 aliphatic carbocycles.